The van der Waals surface area contributed by atoms with Gasteiger partial charge >= 0.3 is 6.03 Å². The van der Waals surface area contributed by atoms with E-state index in [1.165, 1.54) is 28.9 Å². The number of aryl methyl sites for hydroxylation is 1. The van der Waals surface area contributed by atoms with Gasteiger partial charge in [-0.2, -0.15) is 9.78 Å². The molecule has 0 radical (unpaired) electrons. The molecule has 1 aromatic carbocycles. The van der Waals surface area contributed by atoms with Gasteiger partial charge in [0.05, 0.1) is 5.69 Å². The molecule has 0 bridgehead atoms. The summed E-state index contributed by atoms with van der Waals surface area (Å²) >= 11 is 0. The minimum atomic E-state index is -0.535. The predicted octanol–water partition coefficient (Wildman–Crippen LogP) is 3.91. The number of halogens is 1. The Hall–Kier alpha value is -3.49. The summed E-state index contributed by atoms with van der Waals surface area (Å²) in [5.74, 6) is 0.156. The molecule has 0 aliphatic rings. The van der Waals surface area contributed by atoms with Gasteiger partial charge in [0, 0.05) is 28.4 Å². The van der Waals surface area contributed by atoms with Gasteiger partial charge in [0.15, 0.2) is 0 Å². The Morgan fingerprint density at radius 3 is 2.43 bits per heavy atom. The van der Waals surface area contributed by atoms with Crippen molar-refractivity contribution >= 4 is 17.5 Å². The van der Waals surface area contributed by atoms with Gasteiger partial charge in [-0.15, -0.1) is 0 Å². The van der Waals surface area contributed by atoms with Gasteiger partial charge in [0.25, 0.3) is 5.56 Å². The van der Waals surface area contributed by atoms with Crippen molar-refractivity contribution in [2.75, 3.05) is 10.6 Å². The van der Waals surface area contributed by atoms with Crippen LogP contribution in [-0.4, -0.2) is 25.8 Å². The van der Waals surface area contributed by atoms with Crippen LogP contribution in [0.5, 0.6) is 0 Å². The van der Waals surface area contributed by atoms with Crippen LogP contribution in [0.25, 0.3) is 5.95 Å². The van der Waals surface area contributed by atoms with E-state index in [0.717, 1.165) is 0 Å². The molecule has 3 aromatic rings. The molecule has 0 atom stereocenters. The van der Waals surface area contributed by atoms with Gasteiger partial charge in [0.1, 0.15) is 11.6 Å². The first-order valence-electron chi connectivity index (χ1n) is 9.62. The van der Waals surface area contributed by atoms with Gasteiger partial charge in [-0.1, -0.05) is 27.7 Å². The Bertz CT molecular complexity index is 1130. The number of amides is 2. The fraction of sp³-hybridized carbons (Fsp3) is 0.333. The van der Waals surface area contributed by atoms with E-state index in [0.29, 0.717) is 34.9 Å². The maximum absolute atomic E-state index is 13.1. The second-order valence-corrected chi connectivity index (χ2v) is 7.97. The topological polar surface area (TPSA) is 105 Å². The van der Waals surface area contributed by atoms with Crippen LogP contribution in [-0.2, 0) is 11.8 Å². The Balaban J connectivity index is 1.97. The Morgan fingerprint density at radius 1 is 1.20 bits per heavy atom. The van der Waals surface area contributed by atoms with Gasteiger partial charge in [0.2, 0.25) is 5.95 Å². The third-order valence-corrected chi connectivity index (χ3v) is 4.59. The monoisotopic (exact) mass is 412 g/mol. The summed E-state index contributed by atoms with van der Waals surface area (Å²) in [6, 6.07) is 6.62. The van der Waals surface area contributed by atoms with E-state index in [-0.39, 0.29) is 16.9 Å². The highest BCUT2D eigenvalue weighted by Gasteiger charge is 2.23. The Kier molecular flexibility index (Phi) is 5.73. The second-order valence-electron chi connectivity index (χ2n) is 7.97. The largest absolute Gasteiger partial charge is 0.324 e. The minimum absolute atomic E-state index is 0.210. The summed E-state index contributed by atoms with van der Waals surface area (Å²) in [6.07, 6.45) is 0.561. The molecule has 0 fully saturated rings. The maximum atomic E-state index is 13.1. The lowest BCUT2D eigenvalue weighted by Crippen LogP contribution is -2.24. The maximum Gasteiger partial charge on any atom is 0.324 e. The molecule has 158 valence electrons. The van der Waals surface area contributed by atoms with Gasteiger partial charge in [-0.3, -0.25) is 15.1 Å². The molecule has 2 heterocycles. The third kappa shape index (κ3) is 4.56. The van der Waals surface area contributed by atoms with E-state index < -0.39 is 11.8 Å². The number of carbonyl (C=O) groups is 1. The molecule has 8 nitrogen and oxygen atoms in total. The number of nitrogens with zero attached hydrogens (tertiary/aromatic N) is 3. The number of hydrogen-bond acceptors (Lipinski definition) is 4. The van der Waals surface area contributed by atoms with Crippen LogP contribution >= 0.6 is 0 Å². The highest BCUT2D eigenvalue weighted by molar-refractivity contribution is 5.99. The lowest BCUT2D eigenvalue weighted by atomic mass is 9.92. The lowest BCUT2D eigenvalue weighted by molar-refractivity contribution is 0.262. The fourth-order valence-corrected chi connectivity index (χ4v) is 2.92. The van der Waals surface area contributed by atoms with Crippen molar-refractivity contribution in [3.8, 4) is 5.95 Å². The number of carbonyl (C=O) groups excluding carboxylic acids is 1. The van der Waals surface area contributed by atoms with Crippen LogP contribution in [0, 0.1) is 12.7 Å². The number of urea groups is 1. The lowest BCUT2D eigenvalue weighted by Gasteiger charge is -2.14. The summed E-state index contributed by atoms with van der Waals surface area (Å²) < 4.78 is 14.5. The quantitative estimate of drug-likeness (QED) is 0.604. The molecule has 30 heavy (non-hydrogen) atoms. The van der Waals surface area contributed by atoms with Crippen molar-refractivity contribution in [1.29, 1.82) is 0 Å². The van der Waals surface area contributed by atoms with Crippen molar-refractivity contribution in [1.82, 2.24) is 19.7 Å². The van der Waals surface area contributed by atoms with E-state index >= 15 is 0 Å². The number of benzene rings is 1. The van der Waals surface area contributed by atoms with E-state index in [4.69, 9.17) is 0 Å². The molecule has 0 spiro atoms. The second kappa shape index (κ2) is 8.10. The van der Waals surface area contributed by atoms with Gasteiger partial charge in [-0.25, -0.2) is 14.2 Å². The zero-order chi connectivity index (χ0) is 22.1. The molecule has 9 heteroatoms. The number of nitrogens with one attached hydrogen (secondary N) is 3. The number of hydrogen-bond donors (Lipinski definition) is 3. The zero-order valence-electron chi connectivity index (χ0n) is 17.6. The normalized spacial score (nSPS) is 11.4. The SMILES string of the molecule is CCc1c(C)nc(-n2nc(C(C)(C)C)cc2NC(=O)Nc2ccc(F)cc2)[nH]c1=O. The van der Waals surface area contributed by atoms with Gasteiger partial charge in [-0.05, 0) is 37.6 Å². The summed E-state index contributed by atoms with van der Waals surface area (Å²) in [7, 11) is 0. The fourth-order valence-electron chi connectivity index (χ4n) is 2.92. The minimum Gasteiger partial charge on any atom is -0.308 e. The Labute approximate surface area is 173 Å². The Morgan fingerprint density at radius 2 is 1.87 bits per heavy atom. The number of rotatable bonds is 4. The summed E-state index contributed by atoms with van der Waals surface area (Å²) in [6.45, 7) is 9.62. The zero-order valence-corrected chi connectivity index (χ0v) is 17.6. The standard InChI is InChI=1S/C21H25FN6O2/c1-6-15-12(2)23-19(26-18(15)29)28-17(11-16(27-28)21(3,4)5)25-20(30)24-14-9-7-13(22)8-10-14/h7-11H,6H2,1-5H3,(H,23,26,29)(H2,24,25,30). The highest BCUT2D eigenvalue weighted by Crippen LogP contribution is 2.25. The van der Waals surface area contributed by atoms with Crippen molar-refractivity contribution in [3.63, 3.8) is 0 Å². The van der Waals surface area contributed by atoms with Gasteiger partial charge < -0.3 is 5.32 Å². The average molecular weight is 412 g/mol. The van der Waals surface area contributed by atoms with Crippen LogP contribution in [0.2, 0.25) is 0 Å². The average Bonchev–Trinajstić information content (AvgIpc) is 3.07. The molecule has 2 aromatic heterocycles. The van der Waals surface area contributed by atoms with E-state index in [9.17, 15) is 14.0 Å². The van der Waals surface area contributed by atoms with Crippen LogP contribution in [0.15, 0.2) is 35.1 Å². The molecular formula is C21H25FN6O2. The summed E-state index contributed by atoms with van der Waals surface area (Å²) in [4.78, 5) is 32.1. The third-order valence-electron chi connectivity index (χ3n) is 4.59. The van der Waals surface area contributed by atoms with Crippen molar-refractivity contribution in [3.05, 3.63) is 63.5 Å². The van der Waals surface area contributed by atoms with Crippen molar-refractivity contribution in [2.24, 2.45) is 0 Å². The number of H-pyrrole nitrogens is 1. The summed E-state index contributed by atoms with van der Waals surface area (Å²) in [5, 5.41) is 9.91. The smallest absolute Gasteiger partial charge is 0.308 e. The first-order valence-corrected chi connectivity index (χ1v) is 9.62. The molecule has 0 aliphatic carbocycles. The first kappa shape index (κ1) is 21.2. The molecule has 0 saturated carbocycles. The molecule has 3 rings (SSSR count). The molecule has 0 aliphatic heterocycles. The summed E-state index contributed by atoms with van der Waals surface area (Å²) in [5.41, 5.74) is 1.81. The molecule has 3 N–H and O–H groups in total. The van der Waals surface area contributed by atoms with Crippen LogP contribution in [0.1, 0.15) is 44.6 Å². The van der Waals surface area contributed by atoms with Crippen molar-refractivity contribution < 1.29 is 9.18 Å². The van der Waals surface area contributed by atoms with Crippen molar-refractivity contribution in [2.45, 2.75) is 46.5 Å². The highest BCUT2D eigenvalue weighted by atomic mass is 19.1. The van der Waals surface area contributed by atoms with Crippen LogP contribution in [0.3, 0.4) is 0 Å². The van der Waals surface area contributed by atoms with E-state index in [1.807, 2.05) is 27.7 Å². The van der Waals surface area contributed by atoms with E-state index in [2.05, 4.69) is 25.7 Å². The first-order chi connectivity index (χ1) is 14.1. The molecular weight excluding hydrogens is 387 g/mol. The van der Waals surface area contributed by atoms with Crippen LogP contribution in [0.4, 0.5) is 20.7 Å². The van der Waals surface area contributed by atoms with Crippen LogP contribution < -0.4 is 16.2 Å². The predicted molar refractivity (Wildman–Crippen MR) is 114 cm³/mol. The molecule has 0 saturated heterocycles. The molecule has 2 amide bonds. The van der Waals surface area contributed by atoms with E-state index in [1.54, 1.807) is 13.0 Å². The number of aromatic nitrogens is 4. The number of aromatic amines is 1. The molecule has 0 unspecified atom stereocenters. The number of anilines is 2.